The number of hydrogen-bond acceptors (Lipinski definition) is 2. The number of alkyl halides is 3. The van der Waals surface area contributed by atoms with E-state index in [2.05, 4.69) is 9.97 Å². The van der Waals surface area contributed by atoms with Crippen LogP contribution in [0.4, 0.5) is 13.2 Å². The number of aromatic amines is 1. The van der Waals surface area contributed by atoms with Gasteiger partial charge in [-0.2, -0.15) is 13.2 Å². The Hall–Kier alpha value is -1.89. The van der Waals surface area contributed by atoms with Gasteiger partial charge < -0.3 is 9.55 Å². The van der Waals surface area contributed by atoms with Crippen molar-refractivity contribution in [1.29, 1.82) is 0 Å². The number of imidazole rings is 1. The van der Waals surface area contributed by atoms with E-state index >= 15 is 0 Å². The zero-order valence-electron chi connectivity index (χ0n) is 10.7. The Morgan fingerprint density at radius 1 is 1.24 bits per heavy atom. The van der Waals surface area contributed by atoms with Crippen LogP contribution in [0.1, 0.15) is 12.8 Å². The van der Waals surface area contributed by atoms with Crippen molar-refractivity contribution in [2.45, 2.75) is 24.6 Å². The first kappa shape index (κ1) is 12.8. The Morgan fingerprint density at radius 3 is 2.62 bits per heavy atom. The third-order valence-corrected chi connectivity index (χ3v) is 4.38. The molecule has 1 fully saturated rings. The number of para-hydroxylation sites is 1. The molecule has 3 aromatic rings. The minimum Gasteiger partial charge on any atom is -0.329 e. The van der Waals surface area contributed by atoms with E-state index < -0.39 is 11.7 Å². The molecular weight excluding hydrogens is 299 g/mol. The van der Waals surface area contributed by atoms with Gasteiger partial charge in [0.1, 0.15) is 5.54 Å². The molecule has 3 nitrogen and oxygen atoms in total. The van der Waals surface area contributed by atoms with Gasteiger partial charge in [-0.3, -0.25) is 4.98 Å². The van der Waals surface area contributed by atoms with Gasteiger partial charge in [0.25, 0.3) is 0 Å². The van der Waals surface area contributed by atoms with Crippen LogP contribution in [-0.2, 0) is 5.54 Å². The van der Waals surface area contributed by atoms with Gasteiger partial charge in [-0.25, -0.2) is 0 Å². The van der Waals surface area contributed by atoms with Crippen LogP contribution >= 0.6 is 12.2 Å². The van der Waals surface area contributed by atoms with Gasteiger partial charge >= 0.3 is 6.18 Å². The number of nitrogens with one attached hydrogen (secondary N) is 1. The number of halogens is 3. The summed E-state index contributed by atoms with van der Waals surface area (Å²) in [6.45, 7) is 0. The van der Waals surface area contributed by atoms with E-state index in [1.165, 1.54) is 10.8 Å². The molecule has 0 saturated heterocycles. The quantitative estimate of drug-likeness (QED) is 0.680. The van der Waals surface area contributed by atoms with Crippen LogP contribution in [-0.4, -0.2) is 20.7 Å². The minimum atomic E-state index is -4.31. The van der Waals surface area contributed by atoms with Gasteiger partial charge in [-0.1, -0.05) is 18.2 Å². The Morgan fingerprint density at radius 2 is 1.95 bits per heavy atom. The molecule has 21 heavy (non-hydrogen) atoms. The molecule has 0 radical (unpaired) electrons. The maximum atomic E-state index is 13.5. The lowest BCUT2D eigenvalue weighted by atomic mass is 10.1. The summed E-state index contributed by atoms with van der Waals surface area (Å²) in [4.78, 5) is 7.11. The second-order valence-electron chi connectivity index (χ2n) is 5.33. The third-order valence-electron chi connectivity index (χ3n) is 4.09. The predicted molar refractivity (Wildman–Crippen MR) is 75.7 cm³/mol. The molecule has 0 aliphatic heterocycles. The number of pyridine rings is 1. The average Bonchev–Trinajstić information content (AvgIpc) is 3.16. The van der Waals surface area contributed by atoms with Crippen molar-refractivity contribution >= 4 is 34.2 Å². The van der Waals surface area contributed by atoms with E-state index in [-0.39, 0.29) is 17.6 Å². The van der Waals surface area contributed by atoms with Crippen LogP contribution in [0.15, 0.2) is 30.5 Å². The van der Waals surface area contributed by atoms with Crippen LogP contribution in [0.25, 0.3) is 21.9 Å². The van der Waals surface area contributed by atoms with E-state index in [0.717, 1.165) is 0 Å². The Labute approximate surface area is 122 Å². The summed E-state index contributed by atoms with van der Waals surface area (Å²) < 4.78 is 41.7. The fourth-order valence-electron chi connectivity index (χ4n) is 2.89. The van der Waals surface area contributed by atoms with Gasteiger partial charge in [0.05, 0.1) is 22.7 Å². The SMILES string of the molecule is FC(F)(F)C1(n2c(=S)[nH]c3cnc4ccccc4c32)CC1. The highest BCUT2D eigenvalue weighted by atomic mass is 32.1. The summed E-state index contributed by atoms with van der Waals surface area (Å²) in [5, 5.41) is 0.679. The van der Waals surface area contributed by atoms with E-state index in [1.807, 2.05) is 6.07 Å². The largest absolute Gasteiger partial charge is 0.412 e. The van der Waals surface area contributed by atoms with Crippen molar-refractivity contribution in [2.24, 2.45) is 0 Å². The monoisotopic (exact) mass is 309 g/mol. The molecule has 1 saturated carbocycles. The molecule has 0 atom stereocenters. The highest BCUT2D eigenvalue weighted by Gasteiger charge is 2.65. The normalized spacial score (nSPS) is 17.5. The molecule has 0 unspecified atom stereocenters. The number of benzene rings is 1. The minimum absolute atomic E-state index is 0.0639. The van der Waals surface area contributed by atoms with Crippen molar-refractivity contribution in [2.75, 3.05) is 0 Å². The smallest absolute Gasteiger partial charge is 0.329 e. The van der Waals surface area contributed by atoms with Crippen LogP contribution in [0.5, 0.6) is 0 Å². The maximum absolute atomic E-state index is 13.5. The van der Waals surface area contributed by atoms with Crippen molar-refractivity contribution in [3.63, 3.8) is 0 Å². The number of aromatic nitrogens is 3. The van der Waals surface area contributed by atoms with E-state index in [0.29, 0.717) is 21.9 Å². The van der Waals surface area contributed by atoms with Gasteiger partial charge in [0, 0.05) is 5.39 Å². The number of rotatable bonds is 1. The Bertz CT molecular complexity index is 918. The zero-order valence-corrected chi connectivity index (χ0v) is 11.6. The fourth-order valence-corrected chi connectivity index (χ4v) is 3.27. The van der Waals surface area contributed by atoms with Crippen LogP contribution < -0.4 is 0 Å². The van der Waals surface area contributed by atoms with E-state index in [4.69, 9.17) is 12.2 Å². The van der Waals surface area contributed by atoms with Gasteiger partial charge in [-0.05, 0) is 31.1 Å². The second-order valence-corrected chi connectivity index (χ2v) is 5.72. The van der Waals surface area contributed by atoms with Crippen LogP contribution in [0, 0.1) is 4.77 Å². The molecular formula is C14H10F3N3S. The molecule has 108 valence electrons. The number of fused-ring (bicyclic) bond motifs is 3. The van der Waals surface area contributed by atoms with Gasteiger partial charge in [0.2, 0.25) is 0 Å². The first-order valence-corrected chi connectivity index (χ1v) is 6.91. The van der Waals surface area contributed by atoms with Gasteiger partial charge in [-0.15, -0.1) is 0 Å². The topological polar surface area (TPSA) is 33.6 Å². The van der Waals surface area contributed by atoms with Crippen molar-refractivity contribution in [1.82, 2.24) is 14.5 Å². The van der Waals surface area contributed by atoms with Crippen LogP contribution in [0.2, 0.25) is 0 Å². The molecule has 1 aliphatic carbocycles. The standard InChI is InChI=1S/C14H10F3N3S/c15-14(16,17)13(5-6-13)20-11-8-3-1-2-4-9(8)18-7-10(11)19-12(20)21/h1-4,7H,5-6H2,(H,19,21). The van der Waals surface area contributed by atoms with E-state index in [9.17, 15) is 13.2 Å². The summed E-state index contributed by atoms with van der Waals surface area (Å²) in [5.41, 5.74) is -0.188. The highest BCUT2D eigenvalue weighted by Crippen LogP contribution is 2.56. The molecule has 2 aromatic heterocycles. The molecule has 0 spiro atoms. The van der Waals surface area contributed by atoms with Crippen molar-refractivity contribution in [3.05, 3.63) is 35.2 Å². The fraction of sp³-hybridized carbons (Fsp3) is 0.286. The molecule has 4 rings (SSSR count). The Kier molecular flexibility index (Phi) is 2.35. The third kappa shape index (κ3) is 1.61. The Balaban J connectivity index is 2.17. The maximum Gasteiger partial charge on any atom is 0.412 e. The molecule has 1 aromatic carbocycles. The highest BCUT2D eigenvalue weighted by molar-refractivity contribution is 7.71. The molecule has 2 heterocycles. The lowest BCUT2D eigenvalue weighted by Crippen LogP contribution is -2.34. The first-order chi connectivity index (χ1) is 9.94. The molecule has 0 amide bonds. The summed E-state index contributed by atoms with van der Waals surface area (Å²) in [7, 11) is 0. The number of hydrogen-bond donors (Lipinski definition) is 1. The average molecular weight is 309 g/mol. The number of H-pyrrole nitrogens is 1. The van der Waals surface area contributed by atoms with E-state index in [1.54, 1.807) is 18.2 Å². The second kappa shape index (κ2) is 3.85. The molecule has 7 heteroatoms. The lowest BCUT2D eigenvalue weighted by Gasteiger charge is -2.22. The van der Waals surface area contributed by atoms with Crippen molar-refractivity contribution in [3.8, 4) is 0 Å². The lowest BCUT2D eigenvalue weighted by molar-refractivity contribution is -0.179. The van der Waals surface area contributed by atoms with Crippen molar-refractivity contribution < 1.29 is 13.2 Å². The summed E-state index contributed by atoms with van der Waals surface area (Å²) in [5.74, 6) is 0. The molecule has 1 N–H and O–H groups in total. The van der Waals surface area contributed by atoms with Gasteiger partial charge in [0.15, 0.2) is 4.77 Å². The first-order valence-electron chi connectivity index (χ1n) is 6.50. The zero-order chi connectivity index (χ0) is 14.8. The molecule has 0 bridgehead atoms. The molecule has 1 aliphatic rings. The summed E-state index contributed by atoms with van der Waals surface area (Å²) >= 11 is 5.15. The predicted octanol–water partition coefficient (Wildman–Crippen LogP) is 4.30. The summed E-state index contributed by atoms with van der Waals surface area (Å²) in [6, 6.07) is 7.15. The van der Waals surface area contributed by atoms with Crippen LogP contribution in [0.3, 0.4) is 0 Å². The summed E-state index contributed by atoms with van der Waals surface area (Å²) in [6.07, 6.45) is -2.65. The number of nitrogens with zero attached hydrogens (tertiary/aromatic N) is 2.